The number of hydrogen-bond acceptors (Lipinski definition) is 4. The Labute approximate surface area is 148 Å². The standard InChI is InChI=1S/C19H27ClO4/c1-3-5-13(10-14-7-8-15(22)11-17(14)20)6-9-18(23)16(4-2)19(24)12-21/h4,7-8,10-11,16,18-19,21-24H,2-3,5-6,9,12H2,1H3/b13-10+/t16-,18-,19-/m1/s1. The van der Waals surface area contributed by atoms with Crippen LogP contribution in [0.5, 0.6) is 5.75 Å². The lowest BCUT2D eigenvalue weighted by Crippen LogP contribution is -2.32. The Balaban J connectivity index is 2.82. The van der Waals surface area contributed by atoms with E-state index in [9.17, 15) is 15.3 Å². The molecule has 0 amide bonds. The highest BCUT2D eigenvalue weighted by atomic mass is 35.5. The maximum atomic E-state index is 10.3. The summed E-state index contributed by atoms with van der Waals surface area (Å²) in [6.07, 6.45) is 4.59. The number of allylic oxidation sites excluding steroid dienone is 1. The predicted molar refractivity (Wildman–Crippen MR) is 98.0 cm³/mol. The predicted octanol–water partition coefficient (Wildman–Crippen LogP) is 3.53. The first kappa shape index (κ1) is 20.7. The molecule has 0 heterocycles. The van der Waals surface area contributed by atoms with Crippen LogP contribution in [0.15, 0.2) is 36.4 Å². The Morgan fingerprint density at radius 3 is 2.50 bits per heavy atom. The summed E-state index contributed by atoms with van der Waals surface area (Å²) in [7, 11) is 0. The molecule has 0 aliphatic heterocycles. The number of phenolic OH excluding ortho intramolecular Hbond substituents is 1. The van der Waals surface area contributed by atoms with Crippen molar-refractivity contribution in [3.05, 3.63) is 47.0 Å². The minimum atomic E-state index is -1.01. The molecule has 1 aromatic carbocycles. The van der Waals surface area contributed by atoms with E-state index in [-0.39, 0.29) is 5.75 Å². The third kappa shape index (κ3) is 6.29. The van der Waals surface area contributed by atoms with Gasteiger partial charge in [-0.1, -0.05) is 42.7 Å². The van der Waals surface area contributed by atoms with Crippen LogP contribution in [-0.4, -0.2) is 39.2 Å². The number of rotatable bonds is 10. The summed E-state index contributed by atoms with van der Waals surface area (Å²) < 4.78 is 0. The fourth-order valence-electron chi connectivity index (χ4n) is 2.66. The van der Waals surface area contributed by atoms with E-state index < -0.39 is 24.7 Å². The molecule has 4 N–H and O–H groups in total. The molecule has 134 valence electrons. The molecule has 0 fully saturated rings. The molecular weight excluding hydrogens is 328 g/mol. The zero-order chi connectivity index (χ0) is 18.1. The molecule has 3 atom stereocenters. The van der Waals surface area contributed by atoms with E-state index in [2.05, 4.69) is 13.5 Å². The van der Waals surface area contributed by atoms with Crippen molar-refractivity contribution in [3.63, 3.8) is 0 Å². The minimum absolute atomic E-state index is 0.122. The van der Waals surface area contributed by atoms with Gasteiger partial charge in [-0.2, -0.15) is 0 Å². The zero-order valence-electron chi connectivity index (χ0n) is 14.0. The summed E-state index contributed by atoms with van der Waals surface area (Å²) in [6, 6.07) is 4.84. The quantitative estimate of drug-likeness (QED) is 0.484. The molecule has 0 spiro atoms. The van der Waals surface area contributed by atoms with Gasteiger partial charge in [0.1, 0.15) is 5.75 Å². The largest absolute Gasteiger partial charge is 0.508 e. The number of halogens is 1. The molecule has 0 saturated heterocycles. The molecule has 4 nitrogen and oxygen atoms in total. The molecule has 0 unspecified atom stereocenters. The number of aliphatic hydroxyl groups excluding tert-OH is 3. The lowest BCUT2D eigenvalue weighted by atomic mass is 9.90. The summed E-state index contributed by atoms with van der Waals surface area (Å²) >= 11 is 6.14. The molecule has 1 aromatic rings. The SMILES string of the molecule is C=C[C@@H]([C@H](O)CO)[C@H](O)CC/C(=C/c1ccc(O)cc1Cl)CCC. The molecule has 24 heavy (non-hydrogen) atoms. The van der Waals surface area contributed by atoms with Gasteiger partial charge in [-0.25, -0.2) is 0 Å². The van der Waals surface area contributed by atoms with Gasteiger partial charge in [0.2, 0.25) is 0 Å². The maximum Gasteiger partial charge on any atom is 0.117 e. The van der Waals surface area contributed by atoms with Crippen LogP contribution in [0.1, 0.15) is 38.2 Å². The lowest BCUT2D eigenvalue weighted by Gasteiger charge is -2.24. The number of aromatic hydroxyl groups is 1. The molecule has 0 bridgehead atoms. The monoisotopic (exact) mass is 354 g/mol. The minimum Gasteiger partial charge on any atom is -0.508 e. The lowest BCUT2D eigenvalue weighted by molar-refractivity contribution is 0.00209. The average Bonchev–Trinajstić information content (AvgIpc) is 2.55. The fourth-order valence-corrected chi connectivity index (χ4v) is 2.89. The van der Waals surface area contributed by atoms with E-state index in [0.717, 1.165) is 24.0 Å². The van der Waals surface area contributed by atoms with Gasteiger partial charge in [-0.15, -0.1) is 6.58 Å². The topological polar surface area (TPSA) is 80.9 Å². The van der Waals surface area contributed by atoms with E-state index in [4.69, 9.17) is 16.7 Å². The Hall–Kier alpha value is -1.33. The highest BCUT2D eigenvalue weighted by Crippen LogP contribution is 2.27. The molecule has 0 radical (unpaired) electrons. The average molecular weight is 355 g/mol. The van der Waals surface area contributed by atoms with E-state index in [1.165, 1.54) is 12.1 Å². The molecule has 0 aliphatic rings. The Morgan fingerprint density at radius 1 is 1.25 bits per heavy atom. The number of benzene rings is 1. The van der Waals surface area contributed by atoms with Gasteiger partial charge in [-0.3, -0.25) is 0 Å². The van der Waals surface area contributed by atoms with E-state index in [0.29, 0.717) is 17.9 Å². The Kier molecular flexibility index (Phi) is 9.08. The van der Waals surface area contributed by atoms with Crippen molar-refractivity contribution in [2.24, 2.45) is 5.92 Å². The van der Waals surface area contributed by atoms with Crippen molar-refractivity contribution in [2.45, 2.75) is 44.8 Å². The number of phenols is 1. The third-order valence-electron chi connectivity index (χ3n) is 4.02. The van der Waals surface area contributed by atoms with Crippen LogP contribution < -0.4 is 0 Å². The van der Waals surface area contributed by atoms with Gasteiger partial charge in [-0.05, 0) is 43.0 Å². The summed E-state index contributed by atoms with van der Waals surface area (Å²) in [5, 5.41) is 38.9. The highest BCUT2D eigenvalue weighted by molar-refractivity contribution is 6.32. The summed E-state index contributed by atoms with van der Waals surface area (Å²) in [6.45, 7) is 5.28. The van der Waals surface area contributed by atoms with E-state index >= 15 is 0 Å². The second-order valence-corrected chi connectivity index (χ2v) is 6.33. The van der Waals surface area contributed by atoms with Gasteiger partial charge >= 0.3 is 0 Å². The second-order valence-electron chi connectivity index (χ2n) is 5.93. The second kappa shape index (κ2) is 10.5. The van der Waals surface area contributed by atoms with Crippen LogP contribution in [0.4, 0.5) is 0 Å². The molecule has 1 rings (SSSR count). The summed E-state index contributed by atoms with van der Waals surface area (Å²) in [5.74, 6) is -0.438. The first-order valence-electron chi connectivity index (χ1n) is 8.20. The first-order valence-corrected chi connectivity index (χ1v) is 8.58. The van der Waals surface area contributed by atoms with Crippen LogP contribution >= 0.6 is 11.6 Å². The normalized spacial score (nSPS) is 15.8. The number of hydrogen-bond donors (Lipinski definition) is 4. The molecule has 0 aliphatic carbocycles. The van der Waals surface area contributed by atoms with Gasteiger partial charge < -0.3 is 20.4 Å². The Bertz CT molecular complexity index is 556. The van der Waals surface area contributed by atoms with Gasteiger partial charge in [0, 0.05) is 5.92 Å². The van der Waals surface area contributed by atoms with Crippen molar-refractivity contribution in [1.29, 1.82) is 0 Å². The summed E-state index contributed by atoms with van der Waals surface area (Å²) in [4.78, 5) is 0. The van der Waals surface area contributed by atoms with Crippen LogP contribution in [-0.2, 0) is 0 Å². The van der Waals surface area contributed by atoms with Crippen molar-refractivity contribution in [2.75, 3.05) is 6.61 Å². The highest BCUT2D eigenvalue weighted by Gasteiger charge is 2.23. The van der Waals surface area contributed by atoms with Gasteiger partial charge in [0.05, 0.1) is 23.8 Å². The van der Waals surface area contributed by atoms with Crippen LogP contribution in [0.2, 0.25) is 5.02 Å². The van der Waals surface area contributed by atoms with Gasteiger partial charge in [0.15, 0.2) is 0 Å². The number of aliphatic hydroxyl groups is 3. The third-order valence-corrected chi connectivity index (χ3v) is 4.35. The van der Waals surface area contributed by atoms with Crippen molar-refractivity contribution in [1.82, 2.24) is 0 Å². The van der Waals surface area contributed by atoms with Crippen LogP contribution in [0, 0.1) is 5.92 Å². The van der Waals surface area contributed by atoms with Crippen molar-refractivity contribution < 1.29 is 20.4 Å². The smallest absolute Gasteiger partial charge is 0.117 e. The molecule has 0 saturated carbocycles. The van der Waals surface area contributed by atoms with E-state index in [1.54, 1.807) is 12.1 Å². The maximum absolute atomic E-state index is 10.3. The molecular formula is C19H27ClO4. The Morgan fingerprint density at radius 2 is 1.96 bits per heavy atom. The zero-order valence-corrected chi connectivity index (χ0v) is 14.8. The van der Waals surface area contributed by atoms with Crippen molar-refractivity contribution in [3.8, 4) is 5.75 Å². The van der Waals surface area contributed by atoms with Crippen LogP contribution in [0.3, 0.4) is 0 Å². The first-order chi connectivity index (χ1) is 11.4. The fraction of sp³-hybridized carbons (Fsp3) is 0.474. The van der Waals surface area contributed by atoms with Gasteiger partial charge in [0.25, 0.3) is 0 Å². The molecule has 5 heteroatoms. The van der Waals surface area contributed by atoms with E-state index in [1.807, 2.05) is 6.08 Å². The summed E-state index contributed by atoms with van der Waals surface area (Å²) in [5.41, 5.74) is 1.95. The van der Waals surface area contributed by atoms with Crippen molar-refractivity contribution >= 4 is 17.7 Å². The molecule has 0 aromatic heterocycles. The van der Waals surface area contributed by atoms with Crippen LogP contribution in [0.25, 0.3) is 6.08 Å².